The average Bonchev–Trinajstić information content (AvgIpc) is 2.42. The van der Waals surface area contributed by atoms with E-state index in [1.54, 1.807) is 6.07 Å². The molecule has 1 aliphatic heterocycles. The fourth-order valence-corrected chi connectivity index (χ4v) is 2.75. The van der Waals surface area contributed by atoms with Gasteiger partial charge in [-0.05, 0) is 31.3 Å². The summed E-state index contributed by atoms with van der Waals surface area (Å²) in [5.74, 6) is 0.261. The highest BCUT2D eigenvalue weighted by Crippen LogP contribution is 2.26. The summed E-state index contributed by atoms with van der Waals surface area (Å²) in [4.78, 5) is 12.2. The molecule has 0 saturated carbocycles. The van der Waals surface area contributed by atoms with Crippen LogP contribution in [0.3, 0.4) is 0 Å². The zero-order chi connectivity index (χ0) is 14.7. The minimum absolute atomic E-state index is 0.379. The minimum atomic E-state index is -0.722. The normalized spacial score (nSPS) is 23.8. The van der Waals surface area contributed by atoms with Crippen molar-refractivity contribution in [3.63, 3.8) is 0 Å². The van der Waals surface area contributed by atoms with E-state index in [2.05, 4.69) is 11.8 Å². The summed E-state index contributed by atoms with van der Waals surface area (Å²) >= 11 is 0. The first-order chi connectivity index (χ1) is 9.52. The van der Waals surface area contributed by atoms with Gasteiger partial charge in [0, 0.05) is 24.7 Å². The fraction of sp³-hybridized carbons (Fsp3) is 0.571. The maximum absolute atomic E-state index is 14.0. The Morgan fingerprint density at radius 3 is 2.95 bits per heavy atom. The first kappa shape index (κ1) is 14.9. The van der Waals surface area contributed by atoms with Crippen molar-refractivity contribution in [2.75, 3.05) is 19.6 Å². The maximum Gasteiger partial charge on any atom is 0.305 e. The van der Waals surface area contributed by atoms with E-state index in [0.29, 0.717) is 30.5 Å². The molecule has 0 aromatic heterocycles. The van der Waals surface area contributed by atoms with Crippen LogP contribution in [0.5, 0.6) is 0 Å². The molecule has 1 heterocycles. The summed E-state index contributed by atoms with van der Waals surface area (Å²) in [7, 11) is 0. The first-order valence-electron chi connectivity index (χ1n) is 6.87. The van der Waals surface area contributed by atoms with E-state index in [4.69, 9.17) is 5.73 Å². The second-order valence-corrected chi connectivity index (χ2v) is 5.50. The van der Waals surface area contributed by atoms with Crippen LogP contribution in [-0.2, 0) is 6.54 Å². The third kappa shape index (κ3) is 3.13. The number of nitro groups is 1. The van der Waals surface area contributed by atoms with E-state index in [1.165, 1.54) is 12.1 Å². The number of halogens is 1. The number of nitrogens with two attached hydrogens (primary N) is 1. The summed E-state index contributed by atoms with van der Waals surface area (Å²) < 4.78 is 14.0. The molecule has 2 atom stereocenters. The van der Waals surface area contributed by atoms with Gasteiger partial charge in [-0.1, -0.05) is 19.1 Å². The molecule has 5 nitrogen and oxygen atoms in total. The van der Waals surface area contributed by atoms with Gasteiger partial charge in [-0.15, -0.1) is 0 Å². The van der Waals surface area contributed by atoms with Crippen LogP contribution in [-0.4, -0.2) is 29.5 Å². The van der Waals surface area contributed by atoms with E-state index < -0.39 is 16.4 Å². The Hall–Kier alpha value is -1.53. The molecule has 1 aliphatic rings. The Balaban J connectivity index is 2.11. The number of likely N-dealkylation sites (tertiary alicyclic amines) is 1. The quantitative estimate of drug-likeness (QED) is 0.678. The number of hydrogen-bond acceptors (Lipinski definition) is 4. The molecule has 20 heavy (non-hydrogen) atoms. The van der Waals surface area contributed by atoms with Gasteiger partial charge in [0.05, 0.1) is 4.92 Å². The molecule has 1 aromatic carbocycles. The summed E-state index contributed by atoms with van der Waals surface area (Å²) in [5.41, 5.74) is 5.68. The van der Waals surface area contributed by atoms with Gasteiger partial charge in [0.1, 0.15) is 0 Å². The lowest BCUT2D eigenvalue weighted by atomic mass is 9.87. The molecule has 1 aromatic rings. The van der Waals surface area contributed by atoms with Crippen molar-refractivity contribution in [1.82, 2.24) is 4.90 Å². The number of hydrogen-bond donors (Lipinski definition) is 1. The Labute approximate surface area is 117 Å². The van der Waals surface area contributed by atoms with Crippen molar-refractivity contribution in [1.29, 1.82) is 0 Å². The van der Waals surface area contributed by atoms with Gasteiger partial charge < -0.3 is 5.73 Å². The topological polar surface area (TPSA) is 72.4 Å². The van der Waals surface area contributed by atoms with Gasteiger partial charge in [-0.2, -0.15) is 4.39 Å². The number of piperidine rings is 1. The number of nitrogens with zero attached hydrogens (tertiary/aromatic N) is 2. The van der Waals surface area contributed by atoms with Crippen LogP contribution >= 0.6 is 0 Å². The fourth-order valence-electron chi connectivity index (χ4n) is 2.75. The van der Waals surface area contributed by atoms with E-state index in [9.17, 15) is 14.5 Å². The third-order valence-electron chi connectivity index (χ3n) is 4.15. The molecule has 2 rings (SSSR count). The second-order valence-electron chi connectivity index (χ2n) is 5.50. The maximum atomic E-state index is 14.0. The predicted octanol–water partition coefficient (Wildman–Crippen LogP) is 2.15. The lowest BCUT2D eigenvalue weighted by Gasteiger charge is -2.36. The highest BCUT2D eigenvalue weighted by atomic mass is 19.1. The van der Waals surface area contributed by atoms with Crippen molar-refractivity contribution >= 4 is 5.69 Å². The van der Waals surface area contributed by atoms with Gasteiger partial charge in [-0.3, -0.25) is 15.0 Å². The van der Waals surface area contributed by atoms with Crippen molar-refractivity contribution in [3.8, 4) is 0 Å². The lowest BCUT2D eigenvalue weighted by Crippen LogP contribution is -2.42. The van der Waals surface area contributed by atoms with Crippen molar-refractivity contribution in [3.05, 3.63) is 39.7 Å². The molecule has 1 saturated heterocycles. The van der Waals surface area contributed by atoms with Gasteiger partial charge in [0.2, 0.25) is 5.82 Å². The number of rotatable bonds is 4. The third-order valence-corrected chi connectivity index (χ3v) is 4.15. The molecule has 0 bridgehead atoms. The van der Waals surface area contributed by atoms with Gasteiger partial charge in [0.15, 0.2) is 0 Å². The molecule has 110 valence electrons. The largest absolute Gasteiger partial charge is 0.330 e. The van der Waals surface area contributed by atoms with Gasteiger partial charge in [-0.25, -0.2) is 0 Å². The monoisotopic (exact) mass is 281 g/mol. The molecule has 2 N–H and O–H groups in total. The summed E-state index contributed by atoms with van der Waals surface area (Å²) in [5, 5.41) is 10.7. The van der Waals surface area contributed by atoms with Crippen molar-refractivity contribution < 1.29 is 9.31 Å². The summed E-state index contributed by atoms with van der Waals surface area (Å²) in [6.45, 7) is 4.90. The molecule has 1 fully saturated rings. The van der Waals surface area contributed by atoms with Gasteiger partial charge >= 0.3 is 5.69 Å². The first-order valence-corrected chi connectivity index (χ1v) is 6.87. The van der Waals surface area contributed by atoms with Crippen LogP contribution in [0.15, 0.2) is 18.2 Å². The van der Waals surface area contributed by atoms with Crippen molar-refractivity contribution in [2.24, 2.45) is 17.6 Å². The second kappa shape index (κ2) is 6.28. The lowest BCUT2D eigenvalue weighted by molar-refractivity contribution is -0.387. The van der Waals surface area contributed by atoms with E-state index in [1.807, 2.05) is 0 Å². The Kier molecular flexibility index (Phi) is 4.67. The Morgan fingerprint density at radius 1 is 1.55 bits per heavy atom. The Bertz CT molecular complexity index is 495. The molecule has 0 spiro atoms. The molecular formula is C14H20FN3O2. The molecule has 6 heteroatoms. The van der Waals surface area contributed by atoms with Crippen LogP contribution in [0, 0.1) is 27.8 Å². The van der Waals surface area contributed by atoms with E-state index in [-0.39, 0.29) is 0 Å². The zero-order valence-electron chi connectivity index (χ0n) is 11.6. The minimum Gasteiger partial charge on any atom is -0.330 e. The molecule has 0 aliphatic carbocycles. The molecule has 0 amide bonds. The van der Waals surface area contributed by atoms with Crippen LogP contribution in [0.2, 0.25) is 0 Å². The summed E-state index contributed by atoms with van der Waals surface area (Å²) in [6.07, 6.45) is 1.03. The van der Waals surface area contributed by atoms with Crippen LogP contribution < -0.4 is 5.73 Å². The zero-order valence-corrected chi connectivity index (χ0v) is 11.6. The Morgan fingerprint density at radius 2 is 2.30 bits per heavy atom. The average molecular weight is 281 g/mol. The standard InChI is InChI=1S/C14H20FN3O2/c1-10-5-6-17(9-12(10)7-16)8-11-3-2-4-13(14(11)15)18(19)20/h2-4,10,12H,5-9,16H2,1H3. The van der Waals surface area contributed by atoms with Crippen LogP contribution in [0.25, 0.3) is 0 Å². The molecule has 2 unspecified atom stereocenters. The van der Waals surface area contributed by atoms with E-state index in [0.717, 1.165) is 19.5 Å². The van der Waals surface area contributed by atoms with E-state index >= 15 is 0 Å². The predicted molar refractivity (Wildman–Crippen MR) is 74.7 cm³/mol. The number of benzene rings is 1. The highest BCUT2D eigenvalue weighted by molar-refractivity contribution is 5.36. The van der Waals surface area contributed by atoms with Gasteiger partial charge in [0.25, 0.3) is 0 Å². The summed E-state index contributed by atoms with van der Waals surface area (Å²) in [6, 6.07) is 4.33. The smallest absolute Gasteiger partial charge is 0.305 e. The molecule has 0 radical (unpaired) electrons. The van der Waals surface area contributed by atoms with Crippen molar-refractivity contribution in [2.45, 2.75) is 19.9 Å². The molecular weight excluding hydrogens is 261 g/mol. The number of nitro benzene ring substituents is 1. The van der Waals surface area contributed by atoms with Crippen LogP contribution in [0.4, 0.5) is 10.1 Å². The van der Waals surface area contributed by atoms with Crippen LogP contribution in [0.1, 0.15) is 18.9 Å². The SMILES string of the molecule is CC1CCN(Cc2cccc([N+](=O)[O-])c2F)CC1CN. The highest BCUT2D eigenvalue weighted by Gasteiger charge is 2.26.